The Morgan fingerprint density at radius 3 is 2.88 bits per heavy atom. The number of nitro groups is 1. The summed E-state index contributed by atoms with van der Waals surface area (Å²) in [6.45, 7) is 1.95. The quantitative estimate of drug-likeness (QED) is 0.573. The van der Waals surface area contributed by atoms with E-state index in [4.69, 9.17) is 0 Å². The van der Waals surface area contributed by atoms with Crippen LogP contribution in [-0.2, 0) is 0 Å². The average Bonchev–Trinajstić information content (AvgIpc) is 3.00. The molecule has 0 N–H and O–H groups in total. The van der Waals surface area contributed by atoms with Crippen LogP contribution in [0.4, 0.5) is 5.69 Å². The first-order chi connectivity index (χ1) is 7.66. The van der Waals surface area contributed by atoms with Gasteiger partial charge >= 0.3 is 0 Å². The second-order valence-electron chi connectivity index (χ2n) is 4.19. The highest BCUT2D eigenvalue weighted by Crippen LogP contribution is 2.39. The highest BCUT2D eigenvalue weighted by Gasteiger charge is 2.27. The summed E-state index contributed by atoms with van der Waals surface area (Å²) in [5.74, 6) is 0.943. The van der Waals surface area contributed by atoms with Gasteiger partial charge in [-0.05, 0) is 25.8 Å². The van der Waals surface area contributed by atoms with Crippen molar-refractivity contribution in [3.05, 3.63) is 34.1 Å². The molecule has 0 amide bonds. The minimum absolute atomic E-state index is 0.134. The molecule has 0 atom stereocenters. The predicted octanol–water partition coefficient (Wildman–Crippen LogP) is 2.59. The van der Waals surface area contributed by atoms with E-state index < -0.39 is 0 Å². The van der Waals surface area contributed by atoms with Crippen LogP contribution in [-0.4, -0.2) is 14.5 Å². The number of non-ortho nitro benzene ring substituents is 1. The number of aromatic nitrogens is 2. The fraction of sp³-hybridized carbons (Fsp3) is 0.364. The van der Waals surface area contributed by atoms with Crippen LogP contribution >= 0.6 is 0 Å². The molecule has 16 heavy (non-hydrogen) atoms. The summed E-state index contributed by atoms with van der Waals surface area (Å²) >= 11 is 0. The lowest BCUT2D eigenvalue weighted by Crippen LogP contribution is -1.96. The van der Waals surface area contributed by atoms with E-state index in [1.54, 1.807) is 12.1 Å². The molecule has 1 aromatic heterocycles. The molecule has 0 bridgehead atoms. The maximum Gasteiger partial charge on any atom is 0.271 e. The van der Waals surface area contributed by atoms with Gasteiger partial charge in [0.1, 0.15) is 5.82 Å². The van der Waals surface area contributed by atoms with Gasteiger partial charge in [-0.25, -0.2) is 4.98 Å². The molecule has 3 rings (SSSR count). The van der Waals surface area contributed by atoms with Crippen LogP contribution in [0.25, 0.3) is 11.0 Å². The van der Waals surface area contributed by atoms with Gasteiger partial charge in [0.25, 0.3) is 5.69 Å². The highest BCUT2D eigenvalue weighted by atomic mass is 16.6. The standard InChI is InChI=1S/C11H11N3O2/c1-7-12-10-5-4-9(14(15)16)6-11(10)13(7)8-2-3-8/h4-6,8H,2-3H2,1H3. The van der Waals surface area contributed by atoms with Gasteiger partial charge < -0.3 is 4.57 Å². The van der Waals surface area contributed by atoms with E-state index in [1.165, 1.54) is 6.07 Å². The SMILES string of the molecule is Cc1nc2ccc([N+](=O)[O-])cc2n1C1CC1. The Morgan fingerprint density at radius 2 is 2.25 bits per heavy atom. The van der Waals surface area contributed by atoms with Crippen molar-refractivity contribution in [3.63, 3.8) is 0 Å². The van der Waals surface area contributed by atoms with Gasteiger partial charge in [-0.3, -0.25) is 10.1 Å². The molecule has 0 saturated heterocycles. The zero-order valence-corrected chi connectivity index (χ0v) is 8.88. The van der Waals surface area contributed by atoms with E-state index in [-0.39, 0.29) is 10.6 Å². The molecule has 1 fully saturated rings. The van der Waals surface area contributed by atoms with Crippen molar-refractivity contribution in [2.45, 2.75) is 25.8 Å². The van der Waals surface area contributed by atoms with Crippen molar-refractivity contribution >= 4 is 16.7 Å². The number of hydrogen-bond donors (Lipinski definition) is 0. The smallest absolute Gasteiger partial charge is 0.271 e. The van der Waals surface area contributed by atoms with Crippen LogP contribution in [0, 0.1) is 17.0 Å². The Hall–Kier alpha value is -1.91. The topological polar surface area (TPSA) is 61.0 Å². The first kappa shape index (κ1) is 9.33. The van der Waals surface area contributed by atoms with Gasteiger partial charge in [-0.1, -0.05) is 0 Å². The number of rotatable bonds is 2. The molecule has 1 aliphatic carbocycles. The van der Waals surface area contributed by atoms with E-state index in [1.807, 2.05) is 6.92 Å². The molecule has 5 nitrogen and oxygen atoms in total. The molecule has 1 aliphatic rings. The molecular formula is C11H11N3O2. The van der Waals surface area contributed by atoms with Gasteiger partial charge in [0.15, 0.2) is 0 Å². The largest absolute Gasteiger partial charge is 0.325 e. The zero-order valence-electron chi connectivity index (χ0n) is 8.88. The summed E-state index contributed by atoms with van der Waals surface area (Å²) < 4.78 is 2.11. The summed E-state index contributed by atoms with van der Waals surface area (Å²) in [5.41, 5.74) is 1.86. The van der Waals surface area contributed by atoms with Crippen LogP contribution in [0.1, 0.15) is 24.7 Å². The molecular weight excluding hydrogens is 206 g/mol. The number of hydrogen-bond acceptors (Lipinski definition) is 3. The average molecular weight is 217 g/mol. The molecule has 0 aliphatic heterocycles. The van der Waals surface area contributed by atoms with Crippen LogP contribution in [0.5, 0.6) is 0 Å². The van der Waals surface area contributed by atoms with Gasteiger partial charge in [0, 0.05) is 18.2 Å². The monoisotopic (exact) mass is 217 g/mol. The fourth-order valence-electron chi connectivity index (χ4n) is 2.11. The van der Waals surface area contributed by atoms with E-state index >= 15 is 0 Å². The number of fused-ring (bicyclic) bond motifs is 1. The van der Waals surface area contributed by atoms with Crippen molar-refractivity contribution in [3.8, 4) is 0 Å². The lowest BCUT2D eigenvalue weighted by molar-refractivity contribution is -0.384. The molecule has 0 unspecified atom stereocenters. The zero-order chi connectivity index (χ0) is 11.3. The van der Waals surface area contributed by atoms with Crippen LogP contribution in [0.15, 0.2) is 18.2 Å². The normalized spacial score (nSPS) is 15.6. The second-order valence-corrected chi connectivity index (χ2v) is 4.19. The van der Waals surface area contributed by atoms with Gasteiger partial charge in [0.05, 0.1) is 16.0 Å². The third kappa shape index (κ3) is 1.28. The van der Waals surface area contributed by atoms with Crippen molar-refractivity contribution in [2.24, 2.45) is 0 Å². The third-order valence-electron chi connectivity index (χ3n) is 2.97. The predicted molar refractivity (Wildman–Crippen MR) is 59.4 cm³/mol. The van der Waals surface area contributed by atoms with Crippen molar-refractivity contribution in [1.29, 1.82) is 0 Å². The van der Waals surface area contributed by atoms with Gasteiger partial charge in [0.2, 0.25) is 0 Å². The summed E-state index contributed by atoms with van der Waals surface area (Å²) in [6, 6.07) is 5.34. The van der Waals surface area contributed by atoms with Gasteiger partial charge in [-0.2, -0.15) is 0 Å². The van der Waals surface area contributed by atoms with E-state index in [9.17, 15) is 10.1 Å². The molecule has 5 heteroatoms. The summed E-state index contributed by atoms with van der Waals surface area (Å²) in [4.78, 5) is 14.8. The molecule has 0 spiro atoms. The summed E-state index contributed by atoms with van der Waals surface area (Å²) in [7, 11) is 0. The summed E-state index contributed by atoms with van der Waals surface area (Å²) in [5, 5.41) is 10.7. The molecule has 1 aromatic carbocycles. The van der Waals surface area contributed by atoms with Crippen molar-refractivity contribution < 1.29 is 4.92 Å². The maximum absolute atomic E-state index is 10.7. The lowest BCUT2D eigenvalue weighted by atomic mass is 10.3. The molecule has 1 heterocycles. The first-order valence-corrected chi connectivity index (χ1v) is 5.30. The molecule has 82 valence electrons. The Bertz CT molecular complexity index is 584. The van der Waals surface area contributed by atoms with Crippen LogP contribution in [0.3, 0.4) is 0 Å². The van der Waals surface area contributed by atoms with E-state index in [2.05, 4.69) is 9.55 Å². The van der Waals surface area contributed by atoms with Crippen LogP contribution in [0.2, 0.25) is 0 Å². The van der Waals surface area contributed by atoms with E-state index in [0.717, 1.165) is 29.7 Å². The lowest BCUT2D eigenvalue weighted by Gasteiger charge is -2.03. The summed E-state index contributed by atoms with van der Waals surface area (Å²) in [6.07, 6.45) is 2.30. The highest BCUT2D eigenvalue weighted by molar-refractivity contribution is 5.79. The number of aryl methyl sites for hydroxylation is 1. The minimum Gasteiger partial charge on any atom is -0.325 e. The van der Waals surface area contributed by atoms with Crippen LogP contribution < -0.4 is 0 Å². The fourth-order valence-corrected chi connectivity index (χ4v) is 2.11. The number of nitro benzene ring substituents is 1. The molecule has 2 aromatic rings. The maximum atomic E-state index is 10.7. The third-order valence-corrected chi connectivity index (χ3v) is 2.97. The molecule has 1 saturated carbocycles. The minimum atomic E-state index is -0.362. The van der Waals surface area contributed by atoms with Crippen molar-refractivity contribution in [2.75, 3.05) is 0 Å². The Morgan fingerprint density at radius 1 is 1.50 bits per heavy atom. The number of nitrogens with zero attached hydrogens (tertiary/aromatic N) is 3. The molecule has 0 radical (unpaired) electrons. The first-order valence-electron chi connectivity index (χ1n) is 5.30. The second kappa shape index (κ2) is 3.04. The Balaban J connectivity index is 2.27. The number of benzene rings is 1. The van der Waals surface area contributed by atoms with Crippen molar-refractivity contribution in [1.82, 2.24) is 9.55 Å². The van der Waals surface area contributed by atoms with Gasteiger partial charge in [-0.15, -0.1) is 0 Å². The van der Waals surface area contributed by atoms with E-state index in [0.29, 0.717) is 6.04 Å². The Labute approximate surface area is 91.9 Å². The number of imidazole rings is 1. The Kier molecular flexibility index (Phi) is 1.77.